The lowest BCUT2D eigenvalue weighted by Crippen LogP contribution is -2.48. The first-order chi connectivity index (χ1) is 21.7. The third-order valence-electron chi connectivity index (χ3n) is 9.47. The average Bonchev–Trinajstić information content (AvgIpc) is 3.59. The molecule has 0 radical (unpaired) electrons. The van der Waals surface area contributed by atoms with Gasteiger partial charge in [0.25, 0.3) is 0 Å². The Kier molecular flexibility index (Phi) is 14.4. The molecule has 0 aromatic rings. The molecule has 3 N–H and O–H groups in total. The number of rotatable bonds is 9. The number of carboxylic acid groups (broad SMARTS) is 1. The van der Waals surface area contributed by atoms with Gasteiger partial charge in [-0.15, -0.1) is 0 Å². The Morgan fingerprint density at radius 3 is 1.62 bits per heavy atom. The highest BCUT2D eigenvalue weighted by atomic mass is 16.5. The van der Waals surface area contributed by atoms with Crippen molar-refractivity contribution >= 4 is 35.4 Å². The number of Topliss-reactive ketones (excluding diaryl/α,β-unsaturated/α-hetero) is 1. The number of aliphatic hydroxyl groups is 2. The molecule has 3 heterocycles. The number of likely N-dealkylation sites (tertiary alicyclic amines) is 3. The number of hydrogen-bond donors (Lipinski definition) is 3. The van der Waals surface area contributed by atoms with Crippen molar-refractivity contribution in [3.05, 3.63) is 0 Å². The molecule has 268 valence electrons. The molecule has 3 aliphatic heterocycles. The van der Waals surface area contributed by atoms with Crippen LogP contribution in [0, 0.1) is 22.7 Å². The molecule has 0 saturated carbocycles. The van der Waals surface area contributed by atoms with Crippen LogP contribution in [0.25, 0.3) is 0 Å². The van der Waals surface area contributed by atoms with Gasteiger partial charge < -0.3 is 34.8 Å². The summed E-state index contributed by atoms with van der Waals surface area (Å²) in [5.74, 6) is -3.54. The van der Waals surface area contributed by atoms with Crippen LogP contribution in [0.15, 0.2) is 0 Å². The van der Waals surface area contributed by atoms with Crippen LogP contribution in [0.4, 0.5) is 0 Å². The van der Waals surface area contributed by atoms with E-state index >= 15 is 0 Å². The van der Waals surface area contributed by atoms with Gasteiger partial charge in [0.2, 0.25) is 17.7 Å². The first-order valence-corrected chi connectivity index (χ1v) is 16.8. The molecule has 3 amide bonds. The second kappa shape index (κ2) is 16.9. The first-order valence-electron chi connectivity index (χ1n) is 16.8. The Bertz CT molecular complexity index is 1140. The fourth-order valence-electron chi connectivity index (χ4n) is 6.56. The zero-order chi connectivity index (χ0) is 35.9. The van der Waals surface area contributed by atoms with Crippen LogP contribution < -0.4 is 0 Å². The number of esters is 1. The van der Waals surface area contributed by atoms with Gasteiger partial charge in [0.05, 0.1) is 43.6 Å². The van der Waals surface area contributed by atoms with E-state index < -0.39 is 64.8 Å². The molecule has 13 heteroatoms. The van der Waals surface area contributed by atoms with Crippen molar-refractivity contribution in [3.8, 4) is 0 Å². The summed E-state index contributed by atoms with van der Waals surface area (Å²) in [6.07, 6.45) is 2.33. The molecular formula is C34H57N3O10. The highest BCUT2D eigenvalue weighted by molar-refractivity contribution is 5.92. The van der Waals surface area contributed by atoms with Gasteiger partial charge in [-0.05, 0) is 30.1 Å². The first kappa shape index (κ1) is 40.1. The van der Waals surface area contributed by atoms with E-state index in [1.54, 1.807) is 27.7 Å². The minimum absolute atomic E-state index is 0.0186. The number of carbonyl (C=O) groups is 6. The van der Waals surface area contributed by atoms with Crippen LogP contribution >= 0.6 is 0 Å². The molecule has 0 aliphatic carbocycles. The summed E-state index contributed by atoms with van der Waals surface area (Å²) in [6.45, 7) is 14.7. The Hall–Kier alpha value is -3.06. The van der Waals surface area contributed by atoms with Gasteiger partial charge in [-0.25, -0.2) is 4.79 Å². The van der Waals surface area contributed by atoms with Gasteiger partial charge in [-0.1, -0.05) is 48.5 Å². The van der Waals surface area contributed by atoms with Gasteiger partial charge in [0.15, 0.2) is 5.78 Å². The van der Waals surface area contributed by atoms with Crippen molar-refractivity contribution in [2.75, 3.05) is 33.3 Å². The lowest BCUT2D eigenvalue weighted by Gasteiger charge is -2.36. The second-order valence-corrected chi connectivity index (χ2v) is 15.2. The lowest BCUT2D eigenvalue weighted by atomic mass is 9.77. The maximum atomic E-state index is 13.3. The standard InChI is InChI=1S/C20H34N2O4.C14H23NO6/c1-5-17(24)16-11-14(23)13-22(16)19(26)15(20(2,3)4)12-18(25)21-9-7-6-8-10-21;1-14(2,3)9(6-11(17)18)12(19)15-7-8(16)5-10(15)13(20)21-4/h14-16,23H,5-13H2,1-4H3;8-10,16H,5-7H2,1-4H3,(H,17,18)/t14-,15-,16+;8-,9-,10+/m11/s1. The number of aliphatic carboxylic acids is 1. The van der Waals surface area contributed by atoms with Crippen molar-refractivity contribution in [2.24, 2.45) is 22.7 Å². The molecule has 3 rings (SSSR count). The number of carbonyl (C=O) groups excluding carboxylic acids is 5. The number of methoxy groups -OCH3 is 1. The van der Waals surface area contributed by atoms with E-state index in [-0.39, 0.29) is 49.9 Å². The number of carboxylic acids is 1. The number of amides is 3. The van der Waals surface area contributed by atoms with E-state index in [1.165, 1.54) is 16.9 Å². The Morgan fingerprint density at radius 1 is 0.745 bits per heavy atom. The molecule has 0 aromatic carbocycles. The van der Waals surface area contributed by atoms with E-state index in [0.29, 0.717) is 12.8 Å². The number of β-amino-alcohol motifs (C(OH)–C–C–N with tert-alkyl or cyclic N) is 2. The number of ether oxygens (including phenoxy) is 1. The molecule has 3 fully saturated rings. The van der Waals surface area contributed by atoms with Crippen LogP contribution in [0.5, 0.6) is 0 Å². The van der Waals surface area contributed by atoms with Gasteiger partial charge in [-0.2, -0.15) is 0 Å². The van der Waals surface area contributed by atoms with Crippen molar-refractivity contribution in [1.29, 1.82) is 0 Å². The van der Waals surface area contributed by atoms with Crippen LogP contribution in [0.1, 0.15) is 99.8 Å². The third-order valence-corrected chi connectivity index (χ3v) is 9.47. The van der Waals surface area contributed by atoms with Crippen molar-refractivity contribution in [1.82, 2.24) is 14.7 Å². The number of aliphatic hydroxyl groups excluding tert-OH is 2. The van der Waals surface area contributed by atoms with Crippen LogP contribution in [0.3, 0.4) is 0 Å². The molecule has 47 heavy (non-hydrogen) atoms. The molecule has 3 aliphatic rings. The highest BCUT2D eigenvalue weighted by Crippen LogP contribution is 2.35. The van der Waals surface area contributed by atoms with Crippen molar-refractivity contribution in [3.63, 3.8) is 0 Å². The number of nitrogens with zero attached hydrogens (tertiary/aromatic N) is 3. The third kappa shape index (κ3) is 11.0. The summed E-state index contributed by atoms with van der Waals surface area (Å²) >= 11 is 0. The number of hydrogen-bond acceptors (Lipinski definition) is 9. The average molecular weight is 668 g/mol. The monoisotopic (exact) mass is 667 g/mol. The lowest BCUT2D eigenvalue weighted by molar-refractivity contribution is -0.155. The predicted molar refractivity (Wildman–Crippen MR) is 173 cm³/mol. The number of ketones is 1. The molecule has 0 unspecified atom stereocenters. The van der Waals surface area contributed by atoms with E-state index in [1.807, 2.05) is 25.7 Å². The van der Waals surface area contributed by atoms with Crippen molar-refractivity contribution < 1.29 is 48.8 Å². The van der Waals surface area contributed by atoms with Crippen LogP contribution in [-0.4, -0.2) is 123 Å². The minimum Gasteiger partial charge on any atom is -0.481 e. The zero-order valence-electron chi connectivity index (χ0n) is 29.5. The van der Waals surface area contributed by atoms with Gasteiger partial charge in [-0.3, -0.25) is 24.0 Å². The fraction of sp³-hybridized carbons (Fsp3) is 0.824. The summed E-state index contributed by atoms with van der Waals surface area (Å²) in [6, 6.07) is -1.41. The normalized spacial score (nSPS) is 24.6. The van der Waals surface area contributed by atoms with E-state index in [2.05, 4.69) is 4.74 Å². The predicted octanol–water partition coefficient (Wildman–Crippen LogP) is 2.25. The van der Waals surface area contributed by atoms with Gasteiger partial charge >= 0.3 is 11.9 Å². The number of piperidine rings is 1. The highest BCUT2D eigenvalue weighted by Gasteiger charge is 2.46. The van der Waals surface area contributed by atoms with Crippen molar-refractivity contribution in [2.45, 2.75) is 124 Å². The molecule has 0 bridgehead atoms. The summed E-state index contributed by atoms with van der Waals surface area (Å²) in [4.78, 5) is 78.3. The molecule has 3 saturated heterocycles. The second-order valence-electron chi connectivity index (χ2n) is 15.2. The molecular weight excluding hydrogens is 610 g/mol. The van der Waals surface area contributed by atoms with E-state index in [0.717, 1.165) is 32.4 Å². The Labute approximate surface area is 279 Å². The Morgan fingerprint density at radius 2 is 1.19 bits per heavy atom. The molecule has 6 atom stereocenters. The van der Waals surface area contributed by atoms with E-state index in [9.17, 15) is 39.0 Å². The summed E-state index contributed by atoms with van der Waals surface area (Å²) in [5.41, 5.74) is -0.959. The molecule has 0 aromatic heterocycles. The zero-order valence-corrected chi connectivity index (χ0v) is 29.5. The molecule has 13 nitrogen and oxygen atoms in total. The van der Waals surface area contributed by atoms with Crippen LogP contribution in [0.2, 0.25) is 0 Å². The summed E-state index contributed by atoms with van der Waals surface area (Å²) in [7, 11) is 1.22. The topological polar surface area (TPSA) is 182 Å². The SMILES string of the molecule is CCC(=O)[C@@H]1C[C@@H](O)CN1C(=O)[C@@H](CC(=O)N1CCCCC1)C(C)(C)C.COC(=O)[C@@H]1C[C@@H](O)CN1C(=O)[C@@H](CC(=O)O)C(C)(C)C. The maximum Gasteiger partial charge on any atom is 0.328 e. The quantitative estimate of drug-likeness (QED) is 0.309. The molecule has 0 spiro atoms. The van der Waals surface area contributed by atoms with Crippen LogP contribution in [-0.2, 0) is 33.5 Å². The van der Waals surface area contributed by atoms with Gasteiger partial charge in [0.1, 0.15) is 6.04 Å². The summed E-state index contributed by atoms with van der Waals surface area (Å²) in [5, 5.41) is 28.7. The largest absolute Gasteiger partial charge is 0.481 e. The van der Waals surface area contributed by atoms with Gasteiger partial charge in [0, 0.05) is 51.9 Å². The smallest absolute Gasteiger partial charge is 0.328 e. The maximum absolute atomic E-state index is 13.3. The summed E-state index contributed by atoms with van der Waals surface area (Å²) < 4.78 is 4.65. The minimum atomic E-state index is -1.07. The fourth-order valence-corrected chi connectivity index (χ4v) is 6.56. The Balaban J connectivity index is 0.000000335. The van der Waals surface area contributed by atoms with E-state index in [4.69, 9.17) is 5.11 Å².